The standard InChI is InChI=1S/C10H14O2.C3H8.2C2H6/c1-2-9(11)8-12-10-6-4-3-5-7-10;1-3-2;2*1-2/h3-7,9,11H,2,8H2,1H3;3H2,1-2H3;2*1-2H3. The molecule has 0 amide bonds. The Labute approximate surface area is 120 Å². The molecule has 1 N–H and O–H groups in total. The summed E-state index contributed by atoms with van der Waals surface area (Å²) in [5.41, 5.74) is 0. The van der Waals surface area contributed by atoms with Crippen molar-refractivity contribution in [1.82, 2.24) is 0 Å². The van der Waals surface area contributed by atoms with Crippen LogP contribution in [-0.2, 0) is 0 Å². The molecule has 0 saturated carbocycles. The zero-order valence-electron chi connectivity index (χ0n) is 13.9. The highest BCUT2D eigenvalue weighted by molar-refractivity contribution is 5.20. The molecule has 2 nitrogen and oxygen atoms in total. The molecule has 0 saturated heterocycles. The zero-order chi connectivity index (χ0) is 15.5. The summed E-state index contributed by atoms with van der Waals surface area (Å²) in [5, 5.41) is 9.19. The van der Waals surface area contributed by atoms with Gasteiger partial charge in [-0.25, -0.2) is 0 Å². The summed E-state index contributed by atoms with van der Waals surface area (Å²) in [4.78, 5) is 0. The van der Waals surface area contributed by atoms with Gasteiger partial charge in [0.15, 0.2) is 0 Å². The van der Waals surface area contributed by atoms with Crippen molar-refractivity contribution in [2.75, 3.05) is 6.61 Å². The Balaban J connectivity index is -0.000000313. The Hall–Kier alpha value is -1.02. The van der Waals surface area contributed by atoms with Gasteiger partial charge in [-0.1, -0.05) is 73.1 Å². The molecule has 19 heavy (non-hydrogen) atoms. The quantitative estimate of drug-likeness (QED) is 0.804. The molecule has 114 valence electrons. The van der Waals surface area contributed by atoms with Gasteiger partial charge in [-0.05, 0) is 18.6 Å². The van der Waals surface area contributed by atoms with Crippen molar-refractivity contribution in [3.63, 3.8) is 0 Å². The summed E-state index contributed by atoms with van der Waals surface area (Å²) in [6.45, 7) is 14.6. The molecule has 0 aliphatic rings. The van der Waals surface area contributed by atoms with E-state index in [1.165, 1.54) is 6.42 Å². The Kier molecular flexibility index (Phi) is 27.0. The maximum absolute atomic E-state index is 9.19. The summed E-state index contributed by atoms with van der Waals surface area (Å²) >= 11 is 0. The fourth-order valence-electron chi connectivity index (χ4n) is 0.827. The lowest BCUT2D eigenvalue weighted by atomic mass is 10.3. The van der Waals surface area contributed by atoms with Gasteiger partial charge >= 0.3 is 0 Å². The lowest BCUT2D eigenvalue weighted by molar-refractivity contribution is 0.104. The molecule has 0 bridgehead atoms. The van der Waals surface area contributed by atoms with Gasteiger partial charge in [0, 0.05) is 0 Å². The van der Waals surface area contributed by atoms with Gasteiger partial charge in [0.25, 0.3) is 0 Å². The maximum atomic E-state index is 9.19. The molecule has 0 fully saturated rings. The van der Waals surface area contributed by atoms with Gasteiger partial charge < -0.3 is 9.84 Å². The Morgan fingerprint density at radius 1 is 0.947 bits per heavy atom. The van der Waals surface area contributed by atoms with Crippen LogP contribution in [0.2, 0.25) is 0 Å². The first-order chi connectivity index (χ1) is 9.24. The second kappa shape index (κ2) is 22.2. The molecule has 1 atom stereocenters. The molecule has 0 radical (unpaired) electrons. The van der Waals surface area contributed by atoms with E-state index in [2.05, 4.69) is 13.8 Å². The number of rotatable bonds is 4. The van der Waals surface area contributed by atoms with E-state index in [-0.39, 0.29) is 6.10 Å². The fraction of sp³-hybridized carbons (Fsp3) is 0.647. The van der Waals surface area contributed by atoms with Crippen LogP contribution in [0.25, 0.3) is 0 Å². The third kappa shape index (κ3) is 19.5. The molecule has 1 unspecified atom stereocenters. The van der Waals surface area contributed by atoms with Crippen LogP contribution in [-0.4, -0.2) is 17.8 Å². The fourth-order valence-corrected chi connectivity index (χ4v) is 0.827. The topological polar surface area (TPSA) is 29.5 Å². The summed E-state index contributed by atoms with van der Waals surface area (Å²) in [6, 6.07) is 9.51. The molecular formula is C17H34O2. The van der Waals surface area contributed by atoms with Crippen molar-refractivity contribution in [3.05, 3.63) is 30.3 Å². The average Bonchev–Trinajstić information content (AvgIpc) is 2.50. The van der Waals surface area contributed by atoms with Gasteiger partial charge in [0.05, 0.1) is 6.10 Å². The minimum atomic E-state index is -0.356. The largest absolute Gasteiger partial charge is 0.491 e. The highest BCUT2D eigenvalue weighted by Gasteiger charge is 2.00. The van der Waals surface area contributed by atoms with E-state index in [0.717, 1.165) is 12.2 Å². The van der Waals surface area contributed by atoms with Crippen LogP contribution in [0.15, 0.2) is 30.3 Å². The van der Waals surface area contributed by atoms with Crippen molar-refractivity contribution in [3.8, 4) is 5.75 Å². The van der Waals surface area contributed by atoms with E-state index in [1.807, 2.05) is 65.0 Å². The molecule has 1 aromatic rings. The first-order valence-corrected chi connectivity index (χ1v) is 7.60. The monoisotopic (exact) mass is 270 g/mol. The molecule has 2 heteroatoms. The molecule has 0 aromatic heterocycles. The van der Waals surface area contributed by atoms with Gasteiger partial charge in [-0.2, -0.15) is 0 Å². The van der Waals surface area contributed by atoms with Crippen molar-refractivity contribution < 1.29 is 9.84 Å². The number of benzene rings is 1. The predicted molar refractivity (Wildman–Crippen MR) is 86.9 cm³/mol. The Morgan fingerprint density at radius 3 is 1.74 bits per heavy atom. The minimum absolute atomic E-state index is 0.356. The van der Waals surface area contributed by atoms with Crippen LogP contribution in [0.3, 0.4) is 0 Å². The van der Waals surface area contributed by atoms with E-state index in [1.54, 1.807) is 0 Å². The van der Waals surface area contributed by atoms with Crippen molar-refractivity contribution in [2.24, 2.45) is 0 Å². The van der Waals surface area contributed by atoms with Crippen molar-refractivity contribution in [2.45, 2.75) is 67.4 Å². The van der Waals surface area contributed by atoms with Gasteiger partial charge in [-0.15, -0.1) is 0 Å². The van der Waals surface area contributed by atoms with Crippen molar-refractivity contribution >= 4 is 0 Å². The molecule has 0 spiro atoms. The molecular weight excluding hydrogens is 236 g/mol. The first kappa shape index (κ1) is 23.1. The van der Waals surface area contributed by atoms with Gasteiger partial charge in [0.1, 0.15) is 12.4 Å². The molecule has 0 heterocycles. The number of hydrogen-bond acceptors (Lipinski definition) is 2. The Morgan fingerprint density at radius 2 is 1.37 bits per heavy atom. The second-order valence-electron chi connectivity index (χ2n) is 3.39. The zero-order valence-corrected chi connectivity index (χ0v) is 13.9. The smallest absolute Gasteiger partial charge is 0.119 e. The van der Waals surface area contributed by atoms with Gasteiger partial charge in [0.2, 0.25) is 0 Å². The average molecular weight is 270 g/mol. The van der Waals surface area contributed by atoms with Crippen LogP contribution in [0.1, 0.15) is 61.3 Å². The van der Waals surface area contributed by atoms with E-state index in [4.69, 9.17) is 4.74 Å². The molecule has 1 aromatic carbocycles. The van der Waals surface area contributed by atoms with E-state index in [9.17, 15) is 5.11 Å². The number of aliphatic hydroxyl groups excluding tert-OH is 1. The SMILES string of the molecule is CC.CC.CCC.CCC(O)COc1ccccc1. The highest BCUT2D eigenvalue weighted by Crippen LogP contribution is 2.08. The number of hydrogen-bond donors (Lipinski definition) is 1. The van der Waals surface area contributed by atoms with E-state index >= 15 is 0 Å². The summed E-state index contributed by atoms with van der Waals surface area (Å²) in [6.07, 6.45) is 1.62. The molecule has 0 aliphatic heterocycles. The van der Waals surface area contributed by atoms with Crippen LogP contribution in [0, 0.1) is 0 Å². The highest BCUT2D eigenvalue weighted by atomic mass is 16.5. The second-order valence-corrected chi connectivity index (χ2v) is 3.39. The Bertz CT molecular complexity index is 222. The summed E-state index contributed by atoms with van der Waals surface area (Å²) < 4.78 is 5.31. The van der Waals surface area contributed by atoms with Crippen LogP contribution >= 0.6 is 0 Å². The normalized spacial score (nSPS) is 9.47. The lowest BCUT2D eigenvalue weighted by Gasteiger charge is -2.09. The maximum Gasteiger partial charge on any atom is 0.119 e. The predicted octanol–water partition coefficient (Wildman–Crippen LogP) is 5.31. The number of ether oxygens (including phenoxy) is 1. The van der Waals surface area contributed by atoms with Gasteiger partial charge in [-0.3, -0.25) is 0 Å². The summed E-state index contributed by atoms with van der Waals surface area (Å²) in [7, 11) is 0. The molecule has 0 aliphatic carbocycles. The third-order valence-electron chi connectivity index (χ3n) is 1.66. The van der Waals surface area contributed by atoms with Crippen LogP contribution in [0.5, 0.6) is 5.75 Å². The van der Waals surface area contributed by atoms with Crippen molar-refractivity contribution in [1.29, 1.82) is 0 Å². The summed E-state index contributed by atoms with van der Waals surface area (Å²) in [5.74, 6) is 0.810. The lowest BCUT2D eigenvalue weighted by Crippen LogP contribution is -2.15. The molecule has 1 rings (SSSR count). The number of para-hydroxylation sites is 1. The first-order valence-electron chi connectivity index (χ1n) is 7.60. The van der Waals surface area contributed by atoms with Crippen LogP contribution < -0.4 is 4.74 Å². The minimum Gasteiger partial charge on any atom is -0.491 e. The van der Waals surface area contributed by atoms with E-state index < -0.39 is 0 Å². The third-order valence-corrected chi connectivity index (χ3v) is 1.66. The number of aliphatic hydroxyl groups is 1. The van der Waals surface area contributed by atoms with E-state index in [0.29, 0.717) is 6.61 Å². The van der Waals surface area contributed by atoms with Crippen LogP contribution in [0.4, 0.5) is 0 Å².